The lowest BCUT2D eigenvalue weighted by atomic mass is 9.94. The van der Waals surface area contributed by atoms with Crippen LogP contribution in [0.25, 0.3) is 0 Å². The Kier molecular flexibility index (Phi) is 4.30. The minimum atomic E-state index is -0.288. The van der Waals surface area contributed by atoms with Crippen LogP contribution >= 0.6 is 0 Å². The number of imide groups is 1. The van der Waals surface area contributed by atoms with Gasteiger partial charge in [0.05, 0.1) is 13.1 Å². The van der Waals surface area contributed by atoms with Crippen LogP contribution in [0.1, 0.15) is 33.1 Å². The quantitative estimate of drug-likeness (QED) is 0.563. The summed E-state index contributed by atoms with van der Waals surface area (Å²) in [5, 5.41) is 0. The van der Waals surface area contributed by atoms with Crippen LogP contribution in [0.2, 0.25) is 0 Å². The monoisotopic (exact) mass is 261 g/mol. The third kappa shape index (κ3) is 2.53. The second-order valence-electron chi connectivity index (χ2n) is 4.87. The van der Waals surface area contributed by atoms with E-state index in [1.165, 1.54) is 4.90 Å². The Bertz CT molecular complexity index is 475. The van der Waals surface area contributed by atoms with Gasteiger partial charge in [0.15, 0.2) is 0 Å². The zero-order valence-corrected chi connectivity index (χ0v) is 11.6. The highest BCUT2D eigenvalue weighted by Crippen LogP contribution is 2.19. The van der Waals surface area contributed by atoms with Gasteiger partial charge in [0.2, 0.25) is 0 Å². The first kappa shape index (κ1) is 13.7. The average Bonchev–Trinajstić information content (AvgIpc) is 2.43. The summed E-state index contributed by atoms with van der Waals surface area (Å²) in [6, 6.07) is -0.171. The molecular weight excluding hydrogens is 240 g/mol. The topological polar surface area (TPSA) is 40.4 Å². The molecule has 0 spiro atoms. The van der Waals surface area contributed by atoms with Gasteiger partial charge in [-0.3, -0.25) is 0 Å². The zero-order valence-electron chi connectivity index (χ0n) is 11.6. The summed E-state index contributed by atoms with van der Waals surface area (Å²) in [6.07, 6.45) is 10.7. The molecule has 1 aliphatic carbocycles. The van der Waals surface area contributed by atoms with Crippen molar-refractivity contribution < 1.29 is 14.2 Å². The number of unbranched alkanes of at least 4 members (excludes halogenated alkanes) is 2. The predicted molar refractivity (Wildman–Crippen MR) is 74.2 cm³/mol. The van der Waals surface area contributed by atoms with Crippen molar-refractivity contribution in [1.82, 2.24) is 4.90 Å². The van der Waals surface area contributed by atoms with Gasteiger partial charge in [-0.1, -0.05) is 31.6 Å². The molecule has 2 aliphatic rings. The number of allylic oxidation sites excluding steroid dienone is 3. The number of hydrogen-bond acceptors (Lipinski definition) is 2. The van der Waals surface area contributed by atoms with Crippen LogP contribution in [0.4, 0.5) is 4.79 Å². The molecule has 1 aliphatic heterocycles. The Labute approximate surface area is 114 Å². The molecule has 0 aromatic heterocycles. The number of fused-ring (bicyclic) bond motifs is 1. The molecule has 0 bridgehead atoms. The fourth-order valence-electron chi connectivity index (χ4n) is 2.55. The Balaban J connectivity index is 2.33. The van der Waals surface area contributed by atoms with Gasteiger partial charge in [0, 0.05) is 0 Å². The molecular formula is C15H21N2O2+. The van der Waals surface area contributed by atoms with E-state index in [9.17, 15) is 9.59 Å². The van der Waals surface area contributed by atoms with E-state index in [0.29, 0.717) is 13.1 Å². The number of amides is 3. The molecule has 1 heterocycles. The van der Waals surface area contributed by atoms with Gasteiger partial charge >= 0.3 is 11.9 Å². The molecule has 0 radical (unpaired) electrons. The lowest BCUT2D eigenvalue weighted by Crippen LogP contribution is -2.54. The van der Waals surface area contributed by atoms with E-state index < -0.39 is 0 Å². The van der Waals surface area contributed by atoms with Gasteiger partial charge in [0.25, 0.3) is 0 Å². The van der Waals surface area contributed by atoms with Gasteiger partial charge in [-0.25, -0.2) is 4.79 Å². The van der Waals surface area contributed by atoms with Crippen LogP contribution in [-0.2, 0) is 4.79 Å². The second kappa shape index (κ2) is 5.95. The highest BCUT2D eigenvalue weighted by molar-refractivity contribution is 6.16. The van der Waals surface area contributed by atoms with E-state index in [4.69, 9.17) is 0 Å². The van der Waals surface area contributed by atoms with Crippen LogP contribution in [0.15, 0.2) is 24.3 Å². The van der Waals surface area contributed by atoms with E-state index in [2.05, 4.69) is 6.92 Å². The Morgan fingerprint density at radius 1 is 1.21 bits per heavy atom. The molecule has 4 nitrogen and oxygen atoms in total. The Hall–Kier alpha value is -1.71. The molecule has 19 heavy (non-hydrogen) atoms. The van der Waals surface area contributed by atoms with Gasteiger partial charge in [0.1, 0.15) is 11.6 Å². The minimum absolute atomic E-state index is 0.102. The maximum absolute atomic E-state index is 12.4. The molecule has 0 N–H and O–H groups in total. The van der Waals surface area contributed by atoms with E-state index >= 15 is 0 Å². The first-order valence-corrected chi connectivity index (χ1v) is 7.05. The molecule has 0 saturated heterocycles. The number of hydrogen-bond donors (Lipinski definition) is 0. The fraction of sp³-hybridized carbons (Fsp3) is 0.533. The molecule has 1 unspecified atom stereocenters. The standard InChI is InChI=1S/C15H21N2O2/c1-3-5-8-11-17-13-10-7-6-9-12(13)14(18)16(4-2)15(17)19/h6-7,9-10,12H,3-5,8,11H2,1-2H3/q+1. The van der Waals surface area contributed by atoms with E-state index in [0.717, 1.165) is 25.0 Å². The molecule has 2 rings (SSSR count). The van der Waals surface area contributed by atoms with E-state index in [1.54, 1.807) is 4.58 Å². The summed E-state index contributed by atoms with van der Waals surface area (Å²) in [5.41, 5.74) is 0.832. The van der Waals surface area contributed by atoms with Crippen molar-refractivity contribution in [3.8, 4) is 0 Å². The largest absolute Gasteiger partial charge is 0.500 e. The normalized spacial score (nSPS) is 22.2. The first-order chi connectivity index (χ1) is 9.20. The van der Waals surface area contributed by atoms with Gasteiger partial charge in [-0.05, 0) is 25.8 Å². The Morgan fingerprint density at radius 2 is 2.00 bits per heavy atom. The number of carbonyl (C=O) groups excluding carboxylic acids is 2. The smallest absolute Gasteiger partial charge is 0.245 e. The third-order valence-corrected chi connectivity index (χ3v) is 3.61. The zero-order chi connectivity index (χ0) is 13.8. The van der Waals surface area contributed by atoms with E-state index in [1.807, 2.05) is 31.2 Å². The number of rotatable bonds is 5. The summed E-state index contributed by atoms with van der Waals surface area (Å²) in [4.78, 5) is 26.0. The van der Waals surface area contributed by atoms with Crippen LogP contribution < -0.4 is 0 Å². The molecule has 0 saturated carbocycles. The molecule has 3 amide bonds. The first-order valence-electron chi connectivity index (χ1n) is 7.05. The summed E-state index contributed by atoms with van der Waals surface area (Å²) < 4.78 is 1.77. The number of urea groups is 1. The SMILES string of the molecule is CCCCC[N+]1=C2C=CC=CC2C(=O)N(CC)C1=O. The summed E-state index contributed by atoms with van der Waals surface area (Å²) in [6.45, 7) is 5.11. The van der Waals surface area contributed by atoms with Crippen LogP contribution in [-0.4, -0.2) is 40.2 Å². The van der Waals surface area contributed by atoms with Crippen LogP contribution in [0.3, 0.4) is 0 Å². The van der Waals surface area contributed by atoms with Crippen LogP contribution in [0.5, 0.6) is 0 Å². The predicted octanol–water partition coefficient (Wildman–Crippen LogP) is 2.35. The maximum atomic E-state index is 12.4. The highest BCUT2D eigenvalue weighted by atomic mass is 16.2. The molecule has 0 aromatic rings. The lowest BCUT2D eigenvalue weighted by molar-refractivity contribution is -0.440. The Morgan fingerprint density at radius 3 is 2.68 bits per heavy atom. The molecule has 1 atom stereocenters. The maximum Gasteiger partial charge on any atom is 0.500 e. The van der Waals surface area contributed by atoms with Crippen molar-refractivity contribution in [3.63, 3.8) is 0 Å². The number of nitrogens with zero attached hydrogens (tertiary/aromatic N) is 2. The summed E-state index contributed by atoms with van der Waals surface area (Å²) in [5.74, 6) is -0.390. The number of carbonyl (C=O) groups is 2. The van der Waals surface area contributed by atoms with Crippen molar-refractivity contribution in [2.45, 2.75) is 33.1 Å². The molecule has 102 valence electrons. The van der Waals surface area contributed by atoms with Crippen molar-refractivity contribution in [3.05, 3.63) is 24.3 Å². The lowest BCUT2D eigenvalue weighted by Gasteiger charge is -2.26. The van der Waals surface area contributed by atoms with Crippen LogP contribution in [0, 0.1) is 5.92 Å². The molecule has 0 aromatic carbocycles. The summed E-state index contributed by atoms with van der Waals surface area (Å²) >= 11 is 0. The van der Waals surface area contributed by atoms with Crippen molar-refractivity contribution in [2.75, 3.05) is 13.1 Å². The third-order valence-electron chi connectivity index (χ3n) is 3.61. The molecule has 0 fully saturated rings. The van der Waals surface area contributed by atoms with E-state index in [-0.39, 0.29) is 17.9 Å². The van der Waals surface area contributed by atoms with Gasteiger partial charge < -0.3 is 0 Å². The minimum Gasteiger partial charge on any atom is -0.245 e. The van der Waals surface area contributed by atoms with Crippen molar-refractivity contribution in [1.29, 1.82) is 0 Å². The fourth-order valence-corrected chi connectivity index (χ4v) is 2.55. The summed E-state index contributed by atoms with van der Waals surface area (Å²) in [7, 11) is 0. The second-order valence-corrected chi connectivity index (χ2v) is 4.87. The van der Waals surface area contributed by atoms with Crippen molar-refractivity contribution in [2.24, 2.45) is 5.92 Å². The highest BCUT2D eigenvalue weighted by Gasteiger charge is 2.45. The van der Waals surface area contributed by atoms with Crippen molar-refractivity contribution >= 4 is 17.6 Å². The molecule has 4 heteroatoms. The van der Waals surface area contributed by atoms with Gasteiger partial charge in [-0.2, -0.15) is 14.3 Å². The average molecular weight is 261 g/mol. The van der Waals surface area contributed by atoms with Gasteiger partial charge in [-0.15, -0.1) is 0 Å².